The maximum absolute atomic E-state index is 12.8. The van der Waals surface area contributed by atoms with E-state index in [4.69, 9.17) is 18.9 Å². The summed E-state index contributed by atoms with van der Waals surface area (Å²) in [6.07, 6.45) is 0. The van der Waals surface area contributed by atoms with Gasteiger partial charge in [0.15, 0.2) is 0 Å². The first-order chi connectivity index (χ1) is 15.0. The van der Waals surface area contributed by atoms with Crippen LogP contribution in [0.25, 0.3) is 0 Å². The molecular weight excluding hydrogens is 398 g/mol. The Morgan fingerprint density at radius 1 is 0.839 bits per heavy atom. The molecule has 160 valence electrons. The molecule has 3 aromatic rings. The Kier molecular flexibility index (Phi) is 7.11. The summed E-state index contributed by atoms with van der Waals surface area (Å²) in [7, 11) is 4.44. The topological polar surface area (TPSA) is 83.1 Å². The highest BCUT2D eigenvalue weighted by Crippen LogP contribution is 2.24. The van der Waals surface area contributed by atoms with Crippen LogP contribution in [-0.4, -0.2) is 33.2 Å². The van der Waals surface area contributed by atoms with Crippen LogP contribution in [0.1, 0.15) is 26.3 Å². The van der Waals surface area contributed by atoms with Gasteiger partial charge in [-0.2, -0.15) is 0 Å². The van der Waals surface area contributed by atoms with Crippen LogP contribution in [0.3, 0.4) is 0 Å². The molecule has 0 saturated heterocycles. The van der Waals surface area contributed by atoms with Gasteiger partial charge in [-0.25, -0.2) is 4.79 Å². The summed E-state index contributed by atoms with van der Waals surface area (Å²) < 4.78 is 21.1. The van der Waals surface area contributed by atoms with E-state index >= 15 is 0 Å². The number of benzene rings is 3. The molecule has 3 aromatic carbocycles. The van der Waals surface area contributed by atoms with Crippen LogP contribution in [0.2, 0.25) is 0 Å². The molecule has 0 atom stereocenters. The third kappa shape index (κ3) is 5.33. The lowest BCUT2D eigenvalue weighted by atomic mass is 10.1. The number of carbonyl (C=O) groups excluding carboxylic acids is 2. The predicted octanol–water partition coefficient (Wildman–Crippen LogP) is 4.32. The highest BCUT2D eigenvalue weighted by Gasteiger charge is 2.16. The minimum Gasteiger partial charge on any atom is -0.497 e. The molecule has 0 aliphatic rings. The van der Waals surface area contributed by atoms with Crippen LogP contribution in [-0.2, 0) is 11.3 Å². The lowest BCUT2D eigenvalue weighted by molar-refractivity contribution is 0.0602. The number of esters is 1. The van der Waals surface area contributed by atoms with Gasteiger partial charge in [0.1, 0.15) is 23.9 Å². The Morgan fingerprint density at radius 3 is 2.23 bits per heavy atom. The molecule has 0 unspecified atom stereocenters. The zero-order valence-electron chi connectivity index (χ0n) is 17.5. The Balaban J connectivity index is 1.78. The summed E-state index contributed by atoms with van der Waals surface area (Å²) in [6, 6.07) is 18.9. The second-order valence-corrected chi connectivity index (χ2v) is 6.48. The van der Waals surface area contributed by atoms with Crippen molar-refractivity contribution in [1.29, 1.82) is 0 Å². The summed E-state index contributed by atoms with van der Waals surface area (Å²) in [5, 5.41) is 2.76. The lowest BCUT2D eigenvalue weighted by Gasteiger charge is -2.13. The lowest BCUT2D eigenvalue weighted by Crippen LogP contribution is -2.16. The number of amides is 1. The van der Waals surface area contributed by atoms with E-state index in [9.17, 15) is 9.59 Å². The Morgan fingerprint density at radius 2 is 1.55 bits per heavy atom. The predicted molar refractivity (Wildman–Crippen MR) is 116 cm³/mol. The largest absolute Gasteiger partial charge is 0.497 e. The van der Waals surface area contributed by atoms with Gasteiger partial charge in [-0.15, -0.1) is 0 Å². The molecule has 31 heavy (non-hydrogen) atoms. The van der Waals surface area contributed by atoms with Crippen molar-refractivity contribution in [3.63, 3.8) is 0 Å². The van der Waals surface area contributed by atoms with E-state index in [1.54, 1.807) is 80.9 Å². The average Bonchev–Trinajstić information content (AvgIpc) is 2.82. The fourth-order valence-electron chi connectivity index (χ4n) is 2.94. The van der Waals surface area contributed by atoms with Crippen molar-refractivity contribution < 1.29 is 28.5 Å². The highest BCUT2D eigenvalue weighted by molar-refractivity contribution is 6.08. The van der Waals surface area contributed by atoms with Crippen molar-refractivity contribution in [2.24, 2.45) is 0 Å². The third-order valence-electron chi connectivity index (χ3n) is 4.58. The van der Waals surface area contributed by atoms with Crippen LogP contribution >= 0.6 is 0 Å². The molecule has 0 aliphatic heterocycles. The van der Waals surface area contributed by atoms with E-state index in [-0.39, 0.29) is 18.1 Å². The highest BCUT2D eigenvalue weighted by atomic mass is 16.5. The number of hydrogen-bond acceptors (Lipinski definition) is 6. The van der Waals surface area contributed by atoms with Crippen LogP contribution in [0.5, 0.6) is 17.2 Å². The first-order valence-electron chi connectivity index (χ1n) is 9.48. The molecule has 7 nitrogen and oxygen atoms in total. The maximum atomic E-state index is 12.8. The van der Waals surface area contributed by atoms with Gasteiger partial charge in [0.05, 0.1) is 32.6 Å². The monoisotopic (exact) mass is 421 g/mol. The molecule has 0 saturated carbocycles. The molecule has 0 aromatic heterocycles. The van der Waals surface area contributed by atoms with Crippen LogP contribution < -0.4 is 19.5 Å². The van der Waals surface area contributed by atoms with Crippen molar-refractivity contribution >= 4 is 17.6 Å². The van der Waals surface area contributed by atoms with Crippen molar-refractivity contribution in [1.82, 2.24) is 0 Å². The molecule has 7 heteroatoms. The van der Waals surface area contributed by atoms with Crippen LogP contribution in [0, 0.1) is 0 Å². The van der Waals surface area contributed by atoms with E-state index < -0.39 is 5.97 Å². The van der Waals surface area contributed by atoms with Crippen LogP contribution in [0.15, 0.2) is 66.7 Å². The molecule has 0 radical (unpaired) electrons. The number of carbonyl (C=O) groups is 2. The minimum absolute atomic E-state index is 0.204. The first kappa shape index (κ1) is 21.7. The fourth-order valence-corrected chi connectivity index (χ4v) is 2.94. The second kappa shape index (κ2) is 10.2. The average molecular weight is 421 g/mol. The third-order valence-corrected chi connectivity index (χ3v) is 4.58. The molecule has 1 amide bonds. The maximum Gasteiger partial charge on any atom is 0.339 e. The summed E-state index contributed by atoms with van der Waals surface area (Å²) in [4.78, 5) is 24.8. The zero-order chi connectivity index (χ0) is 22.2. The molecule has 0 bridgehead atoms. The van der Waals surface area contributed by atoms with E-state index in [2.05, 4.69) is 5.32 Å². The van der Waals surface area contributed by atoms with E-state index in [1.807, 2.05) is 0 Å². The summed E-state index contributed by atoms with van der Waals surface area (Å²) in [5.74, 6) is 1.09. The number of para-hydroxylation sites is 1. The van der Waals surface area contributed by atoms with Crippen molar-refractivity contribution in [3.8, 4) is 17.2 Å². The van der Waals surface area contributed by atoms with Crippen molar-refractivity contribution in [2.75, 3.05) is 26.6 Å². The fraction of sp³-hybridized carbons (Fsp3) is 0.167. The standard InChI is InChI=1S/C24H23NO6/c1-28-18-9-11-19(12-10-18)31-15-17-14-16(8-13-22(17)29-2)23(26)25-21-7-5-4-6-20(21)24(27)30-3/h4-14H,15H2,1-3H3,(H,25,26). The Hall–Kier alpha value is -4.00. The Labute approximate surface area is 180 Å². The normalized spacial score (nSPS) is 10.2. The molecule has 0 heterocycles. The molecular formula is C24H23NO6. The van der Waals surface area contributed by atoms with E-state index in [1.165, 1.54) is 7.11 Å². The number of ether oxygens (including phenoxy) is 4. The SMILES string of the molecule is COC(=O)c1ccccc1NC(=O)c1ccc(OC)c(COc2ccc(OC)cc2)c1. The molecule has 1 N–H and O–H groups in total. The van der Waals surface area contributed by atoms with Gasteiger partial charge in [0, 0.05) is 11.1 Å². The first-order valence-corrected chi connectivity index (χ1v) is 9.48. The number of anilines is 1. The summed E-state index contributed by atoms with van der Waals surface area (Å²) in [5.41, 5.74) is 1.74. The van der Waals surface area contributed by atoms with Gasteiger partial charge in [-0.1, -0.05) is 12.1 Å². The molecule has 0 fully saturated rings. The van der Waals surface area contributed by atoms with Gasteiger partial charge in [0.25, 0.3) is 5.91 Å². The van der Waals surface area contributed by atoms with Gasteiger partial charge in [-0.05, 0) is 54.6 Å². The van der Waals surface area contributed by atoms with E-state index in [0.29, 0.717) is 28.3 Å². The van der Waals surface area contributed by atoms with Crippen molar-refractivity contribution in [3.05, 3.63) is 83.4 Å². The Bertz CT molecular complexity index is 1060. The molecule has 0 spiro atoms. The van der Waals surface area contributed by atoms with Crippen molar-refractivity contribution in [2.45, 2.75) is 6.61 Å². The number of rotatable bonds is 8. The number of methoxy groups -OCH3 is 3. The number of hydrogen-bond donors (Lipinski definition) is 1. The van der Waals surface area contributed by atoms with Crippen LogP contribution in [0.4, 0.5) is 5.69 Å². The smallest absolute Gasteiger partial charge is 0.339 e. The quantitative estimate of drug-likeness (QED) is 0.546. The van der Waals surface area contributed by atoms with Gasteiger partial charge < -0.3 is 24.3 Å². The minimum atomic E-state index is -0.529. The second-order valence-electron chi connectivity index (χ2n) is 6.48. The van der Waals surface area contributed by atoms with Gasteiger partial charge >= 0.3 is 5.97 Å². The summed E-state index contributed by atoms with van der Waals surface area (Å²) >= 11 is 0. The van der Waals surface area contributed by atoms with Gasteiger partial charge in [0.2, 0.25) is 0 Å². The zero-order valence-corrected chi connectivity index (χ0v) is 17.5. The molecule has 0 aliphatic carbocycles. The summed E-state index contributed by atoms with van der Waals surface area (Å²) in [6.45, 7) is 0.204. The van der Waals surface area contributed by atoms with E-state index in [0.717, 1.165) is 5.75 Å². The molecule has 3 rings (SSSR count). The van der Waals surface area contributed by atoms with Gasteiger partial charge in [-0.3, -0.25) is 4.79 Å². The number of nitrogens with one attached hydrogen (secondary N) is 1.